The normalized spacial score (nSPS) is 20.7. The summed E-state index contributed by atoms with van der Waals surface area (Å²) in [5, 5.41) is 3.83. The molecule has 1 heterocycles. The molecule has 0 aliphatic carbocycles. The highest BCUT2D eigenvalue weighted by Crippen LogP contribution is 2.34. The van der Waals surface area contributed by atoms with Crippen LogP contribution in [0.5, 0.6) is 0 Å². The fraction of sp³-hybridized carbons (Fsp3) is 1.00. The van der Waals surface area contributed by atoms with Gasteiger partial charge in [-0.3, -0.25) is 4.90 Å². The summed E-state index contributed by atoms with van der Waals surface area (Å²) in [5.41, 5.74) is 0.385. The van der Waals surface area contributed by atoms with Crippen LogP contribution < -0.4 is 5.32 Å². The average Bonchev–Trinajstić information content (AvgIpc) is 2.95. The first kappa shape index (κ1) is 17.0. The van der Waals surface area contributed by atoms with Crippen molar-refractivity contribution in [3.8, 4) is 0 Å². The lowest BCUT2D eigenvalue weighted by atomic mass is 9.78. The number of hydrogen-bond donors (Lipinski definition) is 1. The van der Waals surface area contributed by atoms with E-state index in [1.165, 1.54) is 51.6 Å². The third-order valence-electron chi connectivity index (χ3n) is 5.39. The summed E-state index contributed by atoms with van der Waals surface area (Å²) in [6, 6.07) is 0.653. The molecule has 0 amide bonds. The lowest BCUT2D eigenvalue weighted by Gasteiger charge is -2.48. The van der Waals surface area contributed by atoms with Gasteiger partial charge in [-0.2, -0.15) is 0 Å². The summed E-state index contributed by atoms with van der Waals surface area (Å²) < 4.78 is 0. The predicted molar refractivity (Wildman–Crippen MR) is 85.7 cm³/mol. The van der Waals surface area contributed by atoms with E-state index in [0.717, 1.165) is 12.5 Å². The first-order valence-electron chi connectivity index (χ1n) is 8.62. The first-order valence-corrected chi connectivity index (χ1v) is 8.62. The Bertz CT molecular complexity index is 229. The molecule has 19 heavy (non-hydrogen) atoms. The molecule has 0 aromatic rings. The van der Waals surface area contributed by atoms with E-state index < -0.39 is 0 Å². The number of likely N-dealkylation sites (N-methyl/N-ethyl adjacent to an activating group) is 1. The molecule has 1 fully saturated rings. The smallest absolute Gasteiger partial charge is 0.0357 e. The summed E-state index contributed by atoms with van der Waals surface area (Å²) in [6.07, 6.45) is 7.96. The van der Waals surface area contributed by atoms with Crippen LogP contribution >= 0.6 is 0 Å². The molecule has 1 saturated heterocycles. The Morgan fingerprint density at radius 2 is 1.63 bits per heavy atom. The minimum Gasteiger partial charge on any atom is -0.312 e. The third-order valence-corrected chi connectivity index (χ3v) is 5.39. The Morgan fingerprint density at radius 1 is 1.05 bits per heavy atom. The van der Waals surface area contributed by atoms with Crippen molar-refractivity contribution in [1.82, 2.24) is 10.2 Å². The topological polar surface area (TPSA) is 15.3 Å². The zero-order chi connectivity index (χ0) is 14.3. The second-order valence-corrected chi connectivity index (χ2v) is 6.36. The van der Waals surface area contributed by atoms with E-state index in [2.05, 4.69) is 44.8 Å². The maximum Gasteiger partial charge on any atom is 0.0357 e. The monoisotopic (exact) mass is 268 g/mol. The zero-order valence-electron chi connectivity index (χ0n) is 14.0. The number of nitrogens with zero attached hydrogens (tertiary/aromatic N) is 1. The maximum atomic E-state index is 3.83. The molecule has 1 rings (SSSR count). The Kier molecular flexibility index (Phi) is 7.38. The molecule has 2 nitrogen and oxygen atoms in total. The van der Waals surface area contributed by atoms with Gasteiger partial charge in [-0.05, 0) is 57.7 Å². The number of nitrogens with one attached hydrogen (secondary N) is 1. The molecule has 0 spiro atoms. The first-order chi connectivity index (χ1) is 9.14. The Labute approximate surface area is 121 Å². The number of rotatable bonds is 9. The molecule has 1 aliphatic rings. The van der Waals surface area contributed by atoms with Crippen LogP contribution in [-0.4, -0.2) is 36.1 Å². The van der Waals surface area contributed by atoms with E-state index in [0.29, 0.717) is 11.6 Å². The van der Waals surface area contributed by atoms with Crippen LogP contribution in [0.15, 0.2) is 0 Å². The van der Waals surface area contributed by atoms with Crippen LogP contribution in [0.4, 0.5) is 0 Å². The van der Waals surface area contributed by atoms with Crippen molar-refractivity contribution < 1.29 is 0 Å². The average molecular weight is 268 g/mol. The van der Waals surface area contributed by atoms with Gasteiger partial charge in [-0.25, -0.2) is 0 Å². The third kappa shape index (κ3) is 3.95. The molecule has 1 aliphatic heterocycles. The van der Waals surface area contributed by atoms with Crippen molar-refractivity contribution in [1.29, 1.82) is 0 Å². The number of likely N-dealkylation sites (tertiary alicyclic amines) is 1. The molecule has 114 valence electrons. The highest BCUT2D eigenvalue weighted by molar-refractivity contribution is 5.00. The van der Waals surface area contributed by atoms with Crippen LogP contribution in [0.25, 0.3) is 0 Å². The summed E-state index contributed by atoms with van der Waals surface area (Å²) in [5.74, 6) is 0.823. The largest absolute Gasteiger partial charge is 0.312 e. The SMILES string of the molecule is CCNC(CC(C)CC)C(CC)(CC)N1CCCC1. The van der Waals surface area contributed by atoms with Gasteiger partial charge in [0.1, 0.15) is 0 Å². The van der Waals surface area contributed by atoms with Crippen LogP contribution in [-0.2, 0) is 0 Å². The summed E-state index contributed by atoms with van der Waals surface area (Å²) >= 11 is 0. The van der Waals surface area contributed by atoms with E-state index in [4.69, 9.17) is 0 Å². The van der Waals surface area contributed by atoms with Crippen molar-refractivity contribution in [2.45, 2.75) is 84.7 Å². The van der Waals surface area contributed by atoms with Crippen molar-refractivity contribution in [3.63, 3.8) is 0 Å². The molecule has 0 aromatic heterocycles. The molecule has 1 N–H and O–H groups in total. The van der Waals surface area contributed by atoms with Crippen LogP contribution in [0.2, 0.25) is 0 Å². The van der Waals surface area contributed by atoms with Gasteiger partial charge in [0, 0.05) is 11.6 Å². The molecule has 2 heteroatoms. The fourth-order valence-electron chi connectivity index (χ4n) is 3.88. The fourth-order valence-corrected chi connectivity index (χ4v) is 3.88. The second-order valence-electron chi connectivity index (χ2n) is 6.36. The lowest BCUT2D eigenvalue weighted by Crippen LogP contribution is -2.60. The van der Waals surface area contributed by atoms with Crippen molar-refractivity contribution in [2.24, 2.45) is 5.92 Å². The highest BCUT2D eigenvalue weighted by Gasteiger charge is 2.41. The molecule has 2 unspecified atom stereocenters. The van der Waals surface area contributed by atoms with Gasteiger partial charge in [0.2, 0.25) is 0 Å². The van der Waals surface area contributed by atoms with E-state index >= 15 is 0 Å². The van der Waals surface area contributed by atoms with Crippen molar-refractivity contribution in [2.75, 3.05) is 19.6 Å². The summed E-state index contributed by atoms with van der Waals surface area (Å²) in [6.45, 7) is 15.5. The van der Waals surface area contributed by atoms with E-state index in [1.54, 1.807) is 0 Å². The summed E-state index contributed by atoms with van der Waals surface area (Å²) in [7, 11) is 0. The Balaban J connectivity index is 2.88. The van der Waals surface area contributed by atoms with E-state index in [1.807, 2.05) is 0 Å². The molecule has 2 atom stereocenters. The zero-order valence-corrected chi connectivity index (χ0v) is 14.0. The van der Waals surface area contributed by atoms with Gasteiger partial charge < -0.3 is 5.32 Å². The summed E-state index contributed by atoms with van der Waals surface area (Å²) in [4.78, 5) is 2.79. The van der Waals surface area contributed by atoms with Crippen LogP contribution in [0.3, 0.4) is 0 Å². The van der Waals surface area contributed by atoms with E-state index in [-0.39, 0.29) is 0 Å². The van der Waals surface area contributed by atoms with Gasteiger partial charge in [-0.15, -0.1) is 0 Å². The highest BCUT2D eigenvalue weighted by atomic mass is 15.2. The molecule has 0 saturated carbocycles. The van der Waals surface area contributed by atoms with Gasteiger partial charge in [0.15, 0.2) is 0 Å². The van der Waals surface area contributed by atoms with Crippen molar-refractivity contribution >= 4 is 0 Å². The molecule has 0 aromatic carbocycles. The van der Waals surface area contributed by atoms with Gasteiger partial charge >= 0.3 is 0 Å². The van der Waals surface area contributed by atoms with E-state index in [9.17, 15) is 0 Å². The Morgan fingerprint density at radius 3 is 2.05 bits per heavy atom. The van der Waals surface area contributed by atoms with Gasteiger partial charge in [0.25, 0.3) is 0 Å². The van der Waals surface area contributed by atoms with Crippen LogP contribution in [0, 0.1) is 5.92 Å². The molecular weight excluding hydrogens is 232 g/mol. The minimum absolute atomic E-state index is 0.385. The standard InChI is InChI=1S/C17H36N2/c1-6-15(5)14-16(18-9-4)17(7-2,8-3)19-12-10-11-13-19/h15-16,18H,6-14H2,1-5H3. The van der Waals surface area contributed by atoms with Crippen molar-refractivity contribution in [3.05, 3.63) is 0 Å². The second kappa shape index (κ2) is 8.26. The molecule has 0 bridgehead atoms. The predicted octanol–water partition coefficient (Wildman–Crippen LogP) is 4.06. The molecular formula is C17H36N2. The van der Waals surface area contributed by atoms with Gasteiger partial charge in [0.05, 0.1) is 0 Å². The Hall–Kier alpha value is -0.0800. The number of hydrogen-bond acceptors (Lipinski definition) is 2. The van der Waals surface area contributed by atoms with Crippen LogP contribution in [0.1, 0.15) is 73.1 Å². The molecule has 0 radical (unpaired) electrons. The van der Waals surface area contributed by atoms with Gasteiger partial charge in [-0.1, -0.05) is 41.0 Å². The minimum atomic E-state index is 0.385. The quantitative estimate of drug-likeness (QED) is 0.678. The maximum absolute atomic E-state index is 3.83. The lowest BCUT2D eigenvalue weighted by molar-refractivity contribution is 0.0531.